The van der Waals surface area contributed by atoms with Gasteiger partial charge in [-0.25, -0.2) is 8.42 Å². The Kier molecular flexibility index (Phi) is 7.11. The highest BCUT2D eigenvalue weighted by Gasteiger charge is 2.24. The largest absolute Gasteiger partial charge is 0.493 e. The van der Waals surface area contributed by atoms with Gasteiger partial charge in [-0.2, -0.15) is 9.29 Å². The number of aromatic nitrogens is 2. The highest BCUT2D eigenvalue weighted by molar-refractivity contribution is 7.89. The van der Waals surface area contributed by atoms with E-state index in [4.69, 9.17) is 14.0 Å². The van der Waals surface area contributed by atoms with Crippen LogP contribution >= 0.6 is 0 Å². The summed E-state index contributed by atoms with van der Waals surface area (Å²) in [6.07, 6.45) is 0. The second-order valence-corrected chi connectivity index (χ2v) is 8.98. The first-order chi connectivity index (χ1) is 15.2. The molecular weight excluding hydrogens is 436 g/mol. The van der Waals surface area contributed by atoms with E-state index in [-0.39, 0.29) is 23.1 Å². The minimum atomic E-state index is -3.93. The molecule has 3 aromatic rings. The van der Waals surface area contributed by atoms with Crippen molar-refractivity contribution in [3.8, 4) is 22.9 Å². The maximum absolute atomic E-state index is 12.8. The van der Waals surface area contributed by atoms with Gasteiger partial charge in [-0.15, -0.1) is 0 Å². The highest BCUT2D eigenvalue weighted by Crippen LogP contribution is 2.30. The van der Waals surface area contributed by atoms with E-state index in [1.54, 1.807) is 0 Å². The zero-order valence-electron chi connectivity index (χ0n) is 18.2. The summed E-state index contributed by atoms with van der Waals surface area (Å²) in [6, 6.07) is 11.8. The van der Waals surface area contributed by atoms with Crippen molar-refractivity contribution in [1.29, 1.82) is 0 Å². The predicted octanol–water partition coefficient (Wildman–Crippen LogP) is 2.00. The number of amides is 1. The van der Waals surface area contributed by atoms with Gasteiger partial charge < -0.3 is 19.3 Å². The van der Waals surface area contributed by atoms with Crippen LogP contribution in [0.15, 0.2) is 51.9 Å². The Morgan fingerprint density at radius 3 is 2.56 bits per heavy atom. The lowest BCUT2D eigenvalue weighted by atomic mass is 10.1. The second kappa shape index (κ2) is 9.79. The molecule has 0 spiro atoms. The van der Waals surface area contributed by atoms with Gasteiger partial charge in [0.2, 0.25) is 27.6 Å². The Balaban J connectivity index is 1.61. The third-order valence-electron chi connectivity index (χ3n) is 4.61. The van der Waals surface area contributed by atoms with E-state index in [9.17, 15) is 13.2 Å². The smallest absolute Gasteiger partial charge is 0.246 e. The van der Waals surface area contributed by atoms with Crippen LogP contribution in [-0.2, 0) is 21.4 Å². The SMILES string of the molecule is COc1ccc(S(=O)(=O)N(C)CC(=O)NCc2nc(-c3cccc(C)c3)no2)cc1OC. The summed E-state index contributed by atoms with van der Waals surface area (Å²) in [5, 5.41) is 6.49. The van der Waals surface area contributed by atoms with Gasteiger partial charge in [0.05, 0.1) is 32.2 Å². The molecule has 0 aliphatic rings. The van der Waals surface area contributed by atoms with Gasteiger partial charge in [0.15, 0.2) is 11.5 Å². The van der Waals surface area contributed by atoms with Crippen LogP contribution in [0, 0.1) is 6.92 Å². The molecule has 1 N–H and O–H groups in total. The molecule has 3 rings (SSSR count). The molecule has 1 heterocycles. The average Bonchev–Trinajstić information content (AvgIpc) is 3.26. The van der Waals surface area contributed by atoms with Gasteiger partial charge in [0.25, 0.3) is 0 Å². The number of sulfonamides is 1. The Hall–Kier alpha value is -3.44. The van der Waals surface area contributed by atoms with Crippen LogP contribution in [-0.4, -0.2) is 56.6 Å². The monoisotopic (exact) mass is 460 g/mol. The number of carbonyl (C=O) groups excluding carboxylic acids is 1. The van der Waals surface area contributed by atoms with E-state index in [1.807, 2.05) is 31.2 Å². The van der Waals surface area contributed by atoms with E-state index in [1.165, 1.54) is 39.5 Å². The molecule has 1 aromatic heterocycles. The van der Waals surface area contributed by atoms with Gasteiger partial charge in [-0.1, -0.05) is 28.9 Å². The van der Waals surface area contributed by atoms with Crippen molar-refractivity contribution >= 4 is 15.9 Å². The lowest BCUT2D eigenvalue weighted by Gasteiger charge is -2.17. The van der Waals surface area contributed by atoms with Crippen molar-refractivity contribution in [2.45, 2.75) is 18.4 Å². The van der Waals surface area contributed by atoms with E-state index < -0.39 is 22.5 Å². The predicted molar refractivity (Wildman–Crippen MR) is 116 cm³/mol. The van der Waals surface area contributed by atoms with Gasteiger partial charge in [-0.05, 0) is 25.1 Å². The van der Waals surface area contributed by atoms with Crippen LogP contribution in [0.1, 0.15) is 11.5 Å². The number of hydrogen-bond donors (Lipinski definition) is 1. The average molecular weight is 461 g/mol. The number of nitrogens with zero attached hydrogens (tertiary/aromatic N) is 3. The normalized spacial score (nSPS) is 11.4. The van der Waals surface area contributed by atoms with Gasteiger partial charge in [-0.3, -0.25) is 4.79 Å². The maximum atomic E-state index is 12.8. The molecule has 0 fully saturated rings. The molecule has 0 aliphatic carbocycles. The van der Waals surface area contributed by atoms with Gasteiger partial charge in [0.1, 0.15) is 0 Å². The van der Waals surface area contributed by atoms with Crippen molar-refractivity contribution in [1.82, 2.24) is 19.8 Å². The van der Waals surface area contributed by atoms with Crippen LogP contribution in [0.25, 0.3) is 11.4 Å². The van der Waals surface area contributed by atoms with E-state index >= 15 is 0 Å². The number of carbonyl (C=O) groups is 1. The molecule has 170 valence electrons. The number of aryl methyl sites for hydroxylation is 1. The lowest BCUT2D eigenvalue weighted by molar-refractivity contribution is -0.121. The third kappa shape index (κ3) is 5.24. The molecule has 0 unspecified atom stereocenters. The summed E-state index contributed by atoms with van der Waals surface area (Å²) in [6.45, 7) is 1.54. The first-order valence-corrected chi connectivity index (χ1v) is 11.0. The molecule has 1 amide bonds. The number of benzene rings is 2. The van der Waals surface area contributed by atoms with Gasteiger partial charge >= 0.3 is 0 Å². The van der Waals surface area contributed by atoms with Crippen LogP contribution in [0.4, 0.5) is 0 Å². The summed E-state index contributed by atoms with van der Waals surface area (Å²) in [5.74, 6) is 0.766. The molecule has 11 heteroatoms. The van der Waals surface area contributed by atoms with Crippen molar-refractivity contribution in [3.05, 3.63) is 53.9 Å². The maximum Gasteiger partial charge on any atom is 0.246 e. The molecule has 0 saturated carbocycles. The van der Waals surface area contributed by atoms with Crippen LogP contribution in [0.5, 0.6) is 11.5 Å². The lowest BCUT2D eigenvalue weighted by Crippen LogP contribution is -2.38. The molecule has 10 nitrogen and oxygen atoms in total. The Bertz CT molecular complexity index is 1210. The van der Waals surface area contributed by atoms with Crippen molar-refractivity contribution in [2.75, 3.05) is 27.8 Å². The third-order valence-corrected chi connectivity index (χ3v) is 6.41. The molecule has 0 atom stereocenters. The van der Waals surface area contributed by atoms with Crippen LogP contribution < -0.4 is 14.8 Å². The molecular formula is C21H24N4O6S. The molecule has 0 radical (unpaired) electrons. The molecule has 0 saturated heterocycles. The molecule has 2 aromatic carbocycles. The Morgan fingerprint density at radius 1 is 1.12 bits per heavy atom. The highest BCUT2D eigenvalue weighted by atomic mass is 32.2. The van der Waals surface area contributed by atoms with Crippen LogP contribution in [0.3, 0.4) is 0 Å². The summed E-state index contributed by atoms with van der Waals surface area (Å²) < 4.78 is 42.0. The minimum Gasteiger partial charge on any atom is -0.493 e. The van der Waals surface area contributed by atoms with Crippen molar-refractivity contribution < 1.29 is 27.2 Å². The second-order valence-electron chi connectivity index (χ2n) is 6.94. The summed E-state index contributed by atoms with van der Waals surface area (Å²) >= 11 is 0. The zero-order valence-corrected chi connectivity index (χ0v) is 19.0. The Labute approximate surface area is 186 Å². The number of likely N-dealkylation sites (N-methyl/N-ethyl adjacent to an activating group) is 1. The number of hydrogen-bond acceptors (Lipinski definition) is 8. The quantitative estimate of drug-likeness (QED) is 0.514. The van der Waals surface area contributed by atoms with E-state index in [2.05, 4.69) is 15.5 Å². The summed E-state index contributed by atoms with van der Waals surface area (Å²) in [7, 11) is 0.253. The standard InChI is InChI=1S/C21H24N4O6S/c1-14-6-5-7-15(10-14)21-23-20(31-24-21)12-22-19(26)13-25(2)32(27,28)16-8-9-17(29-3)18(11-16)30-4/h5-11H,12-13H2,1-4H3,(H,22,26). The summed E-state index contributed by atoms with van der Waals surface area (Å²) in [5.41, 5.74) is 1.85. The Morgan fingerprint density at radius 2 is 1.88 bits per heavy atom. The van der Waals surface area contributed by atoms with E-state index in [0.717, 1.165) is 15.4 Å². The molecule has 0 aliphatic heterocycles. The van der Waals surface area contributed by atoms with Gasteiger partial charge in [0, 0.05) is 18.7 Å². The summed E-state index contributed by atoms with van der Waals surface area (Å²) in [4.78, 5) is 16.5. The number of rotatable bonds is 9. The zero-order chi connectivity index (χ0) is 23.3. The first kappa shape index (κ1) is 23.2. The fourth-order valence-corrected chi connectivity index (χ4v) is 4.05. The fraction of sp³-hybridized carbons (Fsp3) is 0.286. The molecule has 32 heavy (non-hydrogen) atoms. The number of methoxy groups -OCH3 is 2. The number of ether oxygens (including phenoxy) is 2. The van der Waals surface area contributed by atoms with Crippen LogP contribution in [0.2, 0.25) is 0 Å². The fourth-order valence-electron chi connectivity index (χ4n) is 2.90. The molecule has 0 bridgehead atoms. The first-order valence-electron chi connectivity index (χ1n) is 9.59. The topological polar surface area (TPSA) is 124 Å². The van der Waals surface area contributed by atoms with Crippen molar-refractivity contribution in [3.63, 3.8) is 0 Å². The van der Waals surface area contributed by atoms with E-state index in [0.29, 0.717) is 11.6 Å². The number of nitrogens with one attached hydrogen (secondary N) is 1. The minimum absolute atomic E-state index is 0.0230. The van der Waals surface area contributed by atoms with Crippen molar-refractivity contribution in [2.24, 2.45) is 0 Å².